The van der Waals surface area contributed by atoms with E-state index in [2.05, 4.69) is 20.8 Å². The van der Waals surface area contributed by atoms with E-state index in [1.165, 1.54) is 44.9 Å². The number of hydrogen-bond donors (Lipinski definition) is 1. The Morgan fingerprint density at radius 1 is 0.769 bits per heavy atom. The Balaban J connectivity index is 1.40. The second-order valence-corrected chi connectivity index (χ2v) is 11.1. The highest BCUT2D eigenvalue weighted by Gasteiger charge is 2.63. The standard InChI is InChI=1S/C23H38O3/c1-21-10-8-17-16(18(21)5-4-15(24)14-21)9-11-22(2)19(17)6-7-20(22)23(3)25-12-13-26-23/h15-20,24H,4-14H2,1-3H3. The van der Waals surface area contributed by atoms with Crippen LogP contribution < -0.4 is 0 Å². The maximum Gasteiger partial charge on any atom is 0.169 e. The predicted octanol–water partition coefficient (Wildman–Crippen LogP) is 4.77. The zero-order valence-corrected chi connectivity index (χ0v) is 17.0. The van der Waals surface area contributed by atoms with Crippen LogP contribution in [0.4, 0.5) is 0 Å². The zero-order chi connectivity index (χ0) is 18.2. The fourth-order valence-electron chi connectivity index (χ4n) is 8.85. The van der Waals surface area contributed by atoms with Gasteiger partial charge in [0.15, 0.2) is 5.79 Å². The van der Waals surface area contributed by atoms with E-state index in [4.69, 9.17) is 9.47 Å². The molecule has 5 fully saturated rings. The summed E-state index contributed by atoms with van der Waals surface area (Å²) in [5.74, 6) is 3.72. The molecule has 148 valence electrons. The Kier molecular flexibility index (Phi) is 4.10. The SMILES string of the molecule is CC12CCC3C(CCC4(C)C3CCC4C3(C)OCCO3)C1CCC(O)C2. The molecule has 1 N–H and O–H groups in total. The first-order valence-electron chi connectivity index (χ1n) is 11.3. The van der Waals surface area contributed by atoms with Crippen molar-refractivity contribution in [2.75, 3.05) is 13.2 Å². The van der Waals surface area contributed by atoms with Crippen LogP contribution in [0.15, 0.2) is 0 Å². The summed E-state index contributed by atoms with van der Waals surface area (Å²) in [5.41, 5.74) is 0.788. The normalized spacial score (nSPS) is 55.8. The largest absolute Gasteiger partial charge is 0.393 e. The van der Waals surface area contributed by atoms with Crippen molar-refractivity contribution in [2.45, 2.75) is 90.4 Å². The van der Waals surface area contributed by atoms with Crippen molar-refractivity contribution in [3.05, 3.63) is 0 Å². The van der Waals surface area contributed by atoms with Gasteiger partial charge in [0, 0.05) is 5.92 Å². The molecule has 0 aromatic heterocycles. The summed E-state index contributed by atoms with van der Waals surface area (Å²) in [7, 11) is 0. The number of fused-ring (bicyclic) bond motifs is 5. The van der Waals surface area contributed by atoms with Gasteiger partial charge in [0.25, 0.3) is 0 Å². The number of aliphatic hydroxyl groups excluding tert-OH is 1. The van der Waals surface area contributed by atoms with Crippen molar-refractivity contribution >= 4 is 0 Å². The van der Waals surface area contributed by atoms with Crippen LogP contribution in [0.25, 0.3) is 0 Å². The molecule has 1 saturated heterocycles. The van der Waals surface area contributed by atoms with Gasteiger partial charge in [0.2, 0.25) is 0 Å². The van der Waals surface area contributed by atoms with E-state index in [0.717, 1.165) is 49.7 Å². The third kappa shape index (κ3) is 2.42. The highest BCUT2D eigenvalue weighted by molar-refractivity contribution is 5.10. The molecule has 0 aromatic rings. The minimum absolute atomic E-state index is 0.0471. The monoisotopic (exact) mass is 362 g/mol. The first-order valence-corrected chi connectivity index (χ1v) is 11.3. The van der Waals surface area contributed by atoms with Crippen LogP contribution >= 0.6 is 0 Å². The first kappa shape index (κ1) is 17.9. The maximum atomic E-state index is 10.3. The second-order valence-electron chi connectivity index (χ2n) is 11.1. The average Bonchev–Trinajstić information content (AvgIpc) is 3.17. The predicted molar refractivity (Wildman–Crippen MR) is 102 cm³/mol. The lowest BCUT2D eigenvalue weighted by Crippen LogP contribution is -2.54. The molecule has 0 radical (unpaired) electrons. The molecule has 1 heterocycles. The Labute approximate surface area is 159 Å². The molecule has 0 bridgehead atoms. The molecule has 0 amide bonds. The fraction of sp³-hybridized carbons (Fsp3) is 1.00. The van der Waals surface area contributed by atoms with E-state index in [9.17, 15) is 5.11 Å². The quantitative estimate of drug-likeness (QED) is 0.730. The van der Waals surface area contributed by atoms with Gasteiger partial charge in [-0.05, 0) is 99.2 Å². The van der Waals surface area contributed by atoms with Gasteiger partial charge in [-0.25, -0.2) is 0 Å². The third-order valence-electron chi connectivity index (χ3n) is 9.96. The van der Waals surface area contributed by atoms with Crippen LogP contribution in [0.3, 0.4) is 0 Å². The molecule has 0 spiro atoms. The lowest BCUT2D eigenvalue weighted by Gasteiger charge is -2.60. The molecular weight excluding hydrogens is 324 g/mol. The maximum absolute atomic E-state index is 10.3. The molecule has 26 heavy (non-hydrogen) atoms. The minimum atomic E-state index is -0.339. The minimum Gasteiger partial charge on any atom is -0.393 e. The van der Waals surface area contributed by atoms with Gasteiger partial charge in [-0.1, -0.05) is 13.8 Å². The fourth-order valence-corrected chi connectivity index (χ4v) is 8.85. The molecule has 8 unspecified atom stereocenters. The van der Waals surface area contributed by atoms with Gasteiger partial charge in [-0.3, -0.25) is 0 Å². The lowest BCUT2D eigenvalue weighted by molar-refractivity contribution is -0.217. The Morgan fingerprint density at radius 2 is 1.42 bits per heavy atom. The molecule has 4 aliphatic carbocycles. The smallest absolute Gasteiger partial charge is 0.169 e. The average molecular weight is 363 g/mol. The topological polar surface area (TPSA) is 38.7 Å². The van der Waals surface area contributed by atoms with Crippen LogP contribution in [-0.4, -0.2) is 30.2 Å². The Hall–Kier alpha value is -0.120. The van der Waals surface area contributed by atoms with Gasteiger partial charge >= 0.3 is 0 Å². The molecular formula is C23H38O3. The van der Waals surface area contributed by atoms with Crippen LogP contribution in [0, 0.1) is 40.4 Å². The van der Waals surface area contributed by atoms with Crippen molar-refractivity contribution in [1.82, 2.24) is 0 Å². The van der Waals surface area contributed by atoms with Gasteiger partial charge < -0.3 is 14.6 Å². The number of aliphatic hydroxyl groups is 1. The van der Waals surface area contributed by atoms with E-state index in [1.54, 1.807) is 0 Å². The van der Waals surface area contributed by atoms with E-state index >= 15 is 0 Å². The number of rotatable bonds is 1. The summed E-state index contributed by atoms with van der Waals surface area (Å²) in [6.45, 7) is 8.80. The van der Waals surface area contributed by atoms with E-state index in [1.807, 2.05) is 0 Å². The molecule has 1 aliphatic heterocycles. The molecule has 0 aromatic carbocycles. The van der Waals surface area contributed by atoms with E-state index in [-0.39, 0.29) is 11.9 Å². The van der Waals surface area contributed by atoms with Crippen molar-refractivity contribution in [1.29, 1.82) is 0 Å². The first-order chi connectivity index (χ1) is 12.4. The van der Waals surface area contributed by atoms with Gasteiger partial charge in [0.05, 0.1) is 19.3 Å². The summed E-state index contributed by atoms with van der Waals surface area (Å²) >= 11 is 0. The molecule has 3 nitrogen and oxygen atoms in total. The molecule has 4 saturated carbocycles. The van der Waals surface area contributed by atoms with Crippen LogP contribution in [0.2, 0.25) is 0 Å². The summed E-state index contributed by atoms with van der Waals surface area (Å²) in [4.78, 5) is 0. The van der Waals surface area contributed by atoms with Gasteiger partial charge in [-0.2, -0.15) is 0 Å². The zero-order valence-electron chi connectivity index (χ0n) is 17.0. The van der Waals surface area contributed by atoms with Crippen LogP contribution in [0.1, 0.15) is 78.6 Å². The van der Waals surface area contributed by atoms with Crippen molar-refractivity contribution in [3.63, 3.8) is 0 Å². The van der Waals surface area contributed by atoms with Crippen molar-refractivity contribution in [2.24, 2.45) is 40.4 Å². The van der Waals surface area contributed by atoms with Crippen LogP contribution in [-0.2, 0) is 9.47 Å². The van der Waals surface area contributed by atoms with Gasteiger partial charge in [-0.15, -0.1) is 0 Å². The Bertz CT molecular complexity index is 556. The van der Waals surface area contributed by atoms with Crippen molar-refractivity contribution in [3.8, 4) is 0 Å². The summed E-state index contributed by atoms with van der Waals surface area (Å²) in [6.07, 6.45) is 11.4. The van der Waals surface area contributed by atoms with E-state index in [0.29, 0.717) is 16.7 Å². The lowest BCUT2D eigenvalue weighted by atomic mass is 9.46. The third-order valence-corrected chi connectivity index (χ3v) is 9.96. The van der Waals surface area contributed by atoms with Gasteiger partial charge in [0.1, 0.15) is 0 Å². The highest BCUT2D eigenvalue weighted by Crippen LogP contribution is 2.68. The Morgan fingerprint density at radius 3 is 2.19 bits per heavy atom. The molecule has 5 aliphatic rings. The summed E-state index contributed by atoms with van der Waals surface area (Å²) < 4.78 is 12.3. The molecule has 3 heteroatoms. The second kappa shape index (κ2) is 5.94. The van der Waals surface area contributed by atoms with Crippen molar-refractivity contribution < 1.29 is 14.6 Å². The molecule has 8 atom stereocenters. The number of ether oxygens (including phenoxy) is 2. The molecule has 5 rings (SSSR count). The van der Waals surface area contributed by atoms with E-state index < -0.39 is 0 Å². The summed E-state index contributed by atoms with van der Waals surface area (Å²) in [6, 6.07) is 0. The van der Waals surface area contributed by atoms with Crippen LogP contribution in [0.5, 0.6) is 0 Å². The highest BCUT2D eigenvalue weighted by atomic mass is 16.7. The number of hydrogen-bond acceptors (Lipinski definition) is 3. The summed E-state index contributed by atoms with van der Waals surface area (Å²) in [5, 5.41) is 10.3.